The van der Waals surface area contributed by atoms with Crippen molar-refractivity contribution >= 4 is 11.9 Å². The summed E-state index contributed by atoms with van der Waals surface area (Å²) in [7, 11) is 0. The van der Waals surface area contributed by atoms with Crippen molar-refractivity contribution in [3.63, 3.8) is 0 Å². The van der Waals surface area contributed by atoms with Crippen LogP contribution in [0.3, 0.4) is 0 Å². The van der Waals surface area contributed by atoms with Crippen molar-refractivity contribution in [1.29, 1.82) is 0 Å². The van der Waals surface area contributed by atoms with Crippen molar-refractivity contribution in [2.75, 3.05) is 25.9 Å². The third-order valence-electron chi connectivity index (χ3n) is 3.92. The topological polar surface area (TPSA) is 24.5 Å². The average Bonchev–Trinajstić information content (AvgIpc) is 2.28. The van der Waals surface area contributed by atoms with Crippen molar-refractivity contribution < 1.29 is 4.74 Å². The second-order valence-electron chi connectivity index (χ2n) is 6.14. The Bertz CT molecular complexity index is 236. The number of rotatable bonds is 6. The summed E-state index contributed by atoms with van der Waals surface area (Å²) in [5.74, 6) is 0.785. The first-order chi connectivity index (χ1) is 8.67. The molecule has 0 bridgehead atoms. The standard InChI is InChI=1S/C14H28N2OS/c1-11(2)10-16-6-4-13(5-7-16)17-14-8-12(9-14)15-18-3/h11-15H,4-10H2,1-3H3. The molecule has 4 heteroatoms. The maximum Gasteiger partial charge on any atom is 0.0609 e. The van der Waals surface area contributed by atoms with Crippen molar-refractivity contribution in [1.82, 2.24) is 9.62 Å². The molecule has 0 aromatic heterocycles. The second-order valence-corrected chi connectivity index (χ2v) is 6.79. The fourth-order valence-corrected chi connectivity index (χ4v) is 3.48. The number of hydrogen-bond donors (Lipinski definition) is 1. The zero-order valence-corrected chi connectivity index (χ0v) is 12.8. The highest BCUT2D eigenvalue weighted by atomic mass is 32.2. The van der Waals surface area contributed by atoms with Gasteiger partial charge in [-0.3, -0.25) is 4.72 Å². The Hall–Kier alpha value is 0.230. The highest BCUT2D eigenvalue weighted by Gasteiger charge is 2.32. The number of hydrogen-bond acceptors (Lipinski definition) is 4. The van der Waals surface area contributed by atoms with E-state index in [1.807, 2.05) is 0 Å². The van der Waals surface area contributed by atoms with Crippen LogP contribution in [0.4, 0.5) is 0 Å². The van der Waals surface area contributed by atoms with Gasteiger partial charge in [0.2, 0.25) is 0 Å². The molecule has 1 N–H and O–H groups in total. The molecule has 0 aromatic rings. The average molecular weight is 272 g/mol. The van der Waals surface area contributed by atoms with E-state index >= 15 is 0 Å². The Morgan fingerprint density at radius 3 is 2.44 bits per heavy atom. The quantitative estimate of drug-likeness (QED) is 0.751. The van der Waals surface area contributed by atoms with Gasteiger partial charge >= 0.3 is 0 Å². The molecule has 0 atom stereocenters. The Balaban J connectivity index is 1.57. The summed E-state index contributed by atoms with van der Waals surface area (Å²) >= 11 is 1.73. The van der Waals surface area contributed by atoms with E-state index in [4.69, 9.17) is 4.74 Å². The van der Waals surface area contributed by atoms with Crippen LogP contribution in [0.2, 0.25) is 0 Å². The number of likely N-dealkylation sites (tertiary alicyclic amines) is 1. The summed E-state index contributed by atoms with van der Waals surface area (Å²) in [6.07, 6.45) is 8.00. The first kappa shape index (κ1) is 14.6. The van der Waals surface area contributed by atoms with Crippen molar-refractivity contribution in [2.45, 2.75) is 57.8 Å². The molecule has 1 heterocycles. The highest BCUT2D eigenvalue weighted by Crippen LogP contribution is 2.28. The zero-order chi connectivity index (χ0) is 13.0. The third kappa shape index (κ3) is 4.41. The van der Waals surface area contributed by atoms with Crippen LogP contribution in [0, 0.1) is 5.92 Å². The number of nitrogens with zero attached hydrogens (tertiary/aromatic N) is 1. The minimum absolute atomic E-state index is 0.522. The molecule has 1 aliphatic carbocycles. The lowest BCUT2D eigenvalue weighted by molar-refractivity contribution is -0.0818. The van der Waals surface area contributed by atoms with Gasteiger partial charge in [-0.05, 0) is 37.9 Å². The SMILES string of the molecule is CSNC1CC(OC2CCN(CC(C)C)CC2)C1. The first-order valence-corrected chi connectivity index (χ1v) is 8.56. The lowest BCUT2D eigenvalue weighted by atomic mass is 9.89. The minimum atomic E-state index is 0.522. The fraction of sp³-hybridized carbons (Fsp3) is 1.00. The maximum absolute atomic E-state index is 6.18. The lowest BCUT2D eigenvalue weighted by Crippen LogP contribution is -2.46. The fourth-order valence-electron chi connectivity index (χ4n) is 2.96. The summed E-state index contributed by atoms with van der Waals surface area (Å²) in [5, 5.41) is 0. The van der Waals surface area contributed by atoms with E-state index in [9.17, 15) is 0 Å². The molecule has 18 heavy (non-hydrogen) atoms. The van der Waals surface area contributed by atoms with E-state index in [-0.39, 0.29) is 0 Å². The second kappa shape index (κ2) is 7.13. The van der Waals surface area contributed by atoms with Gasteiger partial charge in [0, 0.05) is 25.7 Å². The van der Waals surface area contributed by atoms with Crippen LogP contribution in [-0.4, -0.2) is 49.0 Å². The van der Waals surface area contributed by atoms with Crippen LogP contribution >= 0.6 is 11.9 Å². The summed E-state index contributed by atoms with van der Waals surface area (Å²) in [4.78, 5) is 2.59. The number of ether oxygens (including phenoxy) is 1. The largest absolute Gasteiger partial charge is 0.375 e. The molecule has 1 saturated heterocycles. The van der Waals surface area contributed by atoms with Gasteiger partial charge in [0.15, 0.2) is 0 Å². The lowest BCUT2D eigenvalue weighted by Gasteiger charge is -2.40. The van der Waals surface area contributed by atoms with Crippen LogP contribution in [-0.2, 0) is 4.74 Å². The first-order valence-electron chi connectivity index (χ1n) is 7.33. The van der Waals surface area contributed by atoms with Crippen molar-refractivity contribution in [3.05, 3.63) is 0 Å². The van der Waals surface area contributed by atoms with Crippen molar-refractivity contribution in [2.24, 2.45) is 5.92 Å². The van der Waals surface area contributed by atoms with Gasteiger partial charge in [-0.2, -0.15) is 0 Å². The van der Waals surface area contributed by atoms with Gasteiger partial charge in [0.05, 0.1) is 12.2 Å². The summed E-state index contributed by atoms with van der Waals surface area (Å²) < 4.78 is 9.59. The molecule has 0 aromatic carbocycles. The Morgan fingerprint density at radius 1 is 1.22 bits per heavy atom. The molecule has 0 spiro atoms. The molecular weight excluding hydrogens is 244 g/mol. The molecule has 1 aliphatic heterocycles. The van der Waals surface area contributed by atoms with Crippen LogP contribution in [0.15, 0.2) is 0 Å². The van der Waals surface area contributed by atoms with Crippen LogP contribution in [0.25, 0.3) is 0 Å². The molecule has 2 aliphatic rings. The van der Waals surface area contributed by atoms with Gasteiger partial charge in [-0.1, -0.05) is 25.8 Å². The summed E-state index contributed by atoms with van der Waals surface area (Å²) in [6.45, 7) is 8.30. The number of nitrogens with one attached hydrogen (secondary N) is 1. The van der Waals surface area contributed by atoms with E-state index in [0.717, 1.165) is 5.92 Å². The molecule has 3 nitrogen and oxygen atoms in total. The molecule has 106 valence electrons. The van der Waals surface area contributed by atoms with Gasteiger partial charge in [-0.15, -0.1) is 0 Å². The molecule has 2 fully saturated rings. The van der Waals surface area contributed by atoms with Gasteiger partial charge in [0.25, 0.3) is 0 Å². The molecule has 0 radical (unpaired) electrons. The predicted molar refractivity (Wildman–Crippen MR) is 78.8 cm³/mol. The predicted octanol–water partition coefficient (Wildman–Crippen LogP) is 2.52. The molecule has 0 unspecified atom stereocenters. The van der Waals surface area contributed by atoms with E-state index < -0.39 is 0 Å². The van der Waals surface area contributed by atoms with Crippen LogP contribution in [0.5, 0.6) is 0 Å². The smallest absolute Gasteiger partial charge is 0.0609 e. The Morgan fingerprint density at radius 2 is 1.89 bits per heavy atom. The van der Waals surface area contributed by atoms with Gasteiger partial charge < -0.3 is 9.64 Å². The minimum Gasteiger partial charge on any atom is -0.375 e. The van der Waals surface area contributed by atoms with Gasteiger partial charge in [0.1, 0.15) is 0 Å². The highest BCUT2D eigenvalue weighted by molar-refractivity contribution is 7.96. The third-order valence-corrected chi connectivity index (χ3v) is 4.49. The summed E-state index contributed by atoms with van der Waals surface area (Å²) in [6, 6.07) is 0.686. The van der Waals surface area contributed by atoms with Crippen LogP contribution in [0.1, 0.15) is 39.5 Å². The molecule has 1 saturated carbocycles. The van der Waals surface area contributed by atoms with Crippen LogP contribution < -0.4 is 4.72 Å². The van der Waals surface area contributed by atoms with Crippen molar-refractivity contribution in [3.8, 4) is 0 Å². The van der Waals surface area contributed by atoms with E-state index in [0.29, 0.717) is 18.2 Å². The monoisotopic (exact) mass is 272 g/mol. The number of piperidine rings is 1. The van der Waals surface area contributed by atoms with E-state index in [2.05, 4.69) is 29.7 Å². The van der Waals surface area contributed by atoms with E-state index in [1.165, 1.54) is 45.3 Å². The normalized spacial score (nSPS) is 30.7. The molecule has 2 rings (SSSR count). The maximum atomic E-state index is 6.18. The Kier molecular flexibility index (Phi) is 5.80. The molecule has 0 amide bonds. The zero-order valence-electron chi connectivity index (χ0n) is 12.0. The van der Waals surface area contributed by atoms with E-state index in [1.54, 1.807) is 11.9 Å². The Labute approximate surface area is 116 Å². The molecular formula is C14H28N2OS. The summed E-state index contributed by atoms with van der Waals surface area (Å²) in [5.41, 5.74) is 0. The van der Waals surface area contributed by atoms with Gasteiger partial charge in [-0.25, -0.2) is 0 Å².